The van der Waals surface area contributed by atoms with Gasteiger partial charge in [0.05, 0.1) is 32.8 Å². The number of benzene rings is 2. The lowest BCUT2D eigenvalue weighted by molar-refractivity contribution is -0.137. The van der Waals surface area contributed by atoms with E-state index < -0.39 is 44.1 Å². The van der Waals surface area contributed by atoms with Crippen molar-refractivity contribution >= 4 is 27.3 Å². The highest BCUT2D eigenvalue weighted by atomic mass is 35.5. The number of rotatable bonds is 7. The lowest BCUT2D eigenvalue weighted by Crippen LogP contribution is -2.62. The van der Waals surface area contributed by atoms with E-state index >= 15 is 0 Å². The smallest absolute Gasteiger partial charge is 0.343 e. The van der Waals surface area contributed by atoms with Crippen LogP contribution < -0.4 is 5.32 Å². The molecule has 0 unspecified atom stereocenters. The van der Waals surface area contributed by atoms with Crippen LogP contribution in [0.4, 0.5) is 13.2 Å². The van der Waals surface area contributed by atoms with Crippen LogP contribution in [-0.2, 0) is 16.0 Å². The molecule has 2 aromatic carbocycles. The first kappa shape index (κ1) is 26.9. The number of carbonyl (C=O) groups is 1. The van der Waals surface area contributed by atoms with Crippen molar-refractivity contribution in [3.8, 4) is 0 Å². The zero-order chi connectivity index (χ0) is 26.3. The maximum absolute atomic E-state index is 13.4. The Bertz CT molecular complexity index is 1220. The highest BCUT2D eigenvalue weighted by molar-refractivity contribution is 7.91. The van der Waals surface area contributed by atoms with E-state index in [4.69, 9.17) is 11.6 Å². The first-order valence-electron chi connectivity index (χ1n) is 12.1. The number of halogens is 4. The second-order valence-electron chi connectivity index (χ2n) is 9.89. The molecule has 3 fully saturated rings. The minimum atomic E-state index is -4.69. The molecule has 2 aliphatic heterocycles. The normalized spacial score (nSPS) is 23.4. The van der Waals surface area contributed by atoms with Crippen LogP contribution in [-0.4, -0.2) is 44.1 Å². The van der Waals surface area contributed by atoms with E-state index in [1.54, 1.807) is 31.2 Å². The van der Waals surface area contributed by atoms with Crippen molar-refractivity contribution in [3.63, 3.8) is 0 Å². The van der Waals surface area contributed by atoms with E-state index in [0.29, 0.717) is 17.9 Å². The molecule has 1 aliphatic carbocycles. The predicted octanol–water partition coefficient (Wildman–Crippen LogP) is 5.89. The maximum atomic E-state index is 13.4. The summed E-state index contributed by atoms with van der Waals surface area (Å²) in [4.78, 5) is 15.8. The number of nitrogens with zero attached hydrogens (tertiary/aromatic N) is 1. The first-order chi connectivity index (χ1) is 16.9. The van der Waals surface area contributed by atoms with Gasteiger partial charge in [-0.3, -0.25) is 9.69 Å². The molecule has 0 spiro atoms. The van der Waals surface area contributed by atoms with Gasteiger partial charge in [-0.15, -0.1) is 0 Å². The van der Waals surface area contributed by atoms with Crippen molar-refractivity contribution in [1.82, 2.24) is 10.2 Å². The van der Waals surface area contributed by atoms with E-state index in [-0.39, 0.29) is 16.2 Å². The fraction of sp³-hybridized carbons (Fsp3) is 0.500. The van der Waals surface area contributed by atoms with Crippen LogP contribution in [0.25, 0.3) is 0 Å². The maximum Gasteiger partial charge on any atom is 0.417 e. The van der Waals surface area contributed by atoms with E-state index in [1.807, 2.05) is 7.05 Å². The van der Waals surface area contributed by atoms with Crippen LogP contribution in [0.5, 0.6) is 0 Å². The monoisotopic (exact) mass is 542 g/mol. The molecule has 2 heterocycles. The van der Waals surface area contributed by atoms with Crippen molar-refractivity contribution in [2.75, 3.05) is 19.3 Å². The van der Waals surface area contributed by atoms with Gasteiger partial charge in [-0.2, -0.15) is 13.2 Å². The number of likely N-dealkylation sites (N-methyl/N-ethyl adjacent to an activating group) is 1. The largest absolute Gasteiger partial charge is 0.417 e. The van der Waals surface area contributed by atoms with Gasteiger partial charge in [0, 0.05) is 12.1 Å². The van der Waals surface area contributed by atoms with Gasteiger partial charge < -0.3 is 5.32 Å². The number of sulfone groups is 1. The summed E-state index contributed by atoms with van der Waals surface area (Å²) in [7, 11) is -1.41. The first-order valence-corrected chi connectivity index (χ1v) is 14.1. The number of fused-ring (bicyclic) bond motifs is 3. The second kappa shape index (κ2) is 9.99. The molecule has 2 saturated heterocycles. The summed E-state index contributed by atoms with van der Waals surface area (Å²) in [5, 5.41) is 2.35. The number of carbonyl (C=O) groups excluding carboxylic acids is 1. The van der Waals surface area contributed by atoms with Crippen molar-refractivity contribution < 1.29 is 26.4 Å². The van der Waals surface area contributed by atoms with Gasteiger partial charge in [0.25, 0.3) is 5.91 Å². The fourth-order valence-corrected chi connectivity index (χ4v) is 7.38. The van der Waals surface area contributed by atoms with E-state index in [9.17, 15) is 26.4 Å². The van der Waals surface area contributed by atoms with Crippen LogP contribution >= 0.6 is 11.6 Å². The number of alkyl halides is 3. The minimum Gasteiger partial charge on any atom is -0.343 e. The fourth-order valence-electron chi connectivity index (χ4n) is 5.74. The number of piperidine rings is 2. The lowest BCUT2D eigenvalue weighted by Gasteiger charge is -2.57. The van der Waals surface area contributed by atoms with Crippen molar-refractivity contribution in [2.45, 2.75) is 61.7 Å². The van der Waals surface area contributed by atoms with Gasteiger partial charge in [0.1, 0.15) is 0 Å². The van der Waals surface area contributed by atoms with Gasteiger partial charge in [0.15, 0.2) is 9.84 Å². The molecule has 10 heteroatoms. The zero-order valence-corrected chi connectivity index (χ0v) is 21.8. The summed E-state index contributed by atoms with van der Waals surface area (Å²) < 4.78 is 65.2. The molecule has 5 nitrogen and oxygen atoms in total. The third-order valence-corrected chi connectivity index (χ3v) is 10.0. The van der Waals surface area contributed by atoms with Crippen LogP contribution in [0.1, 0.15) is 66.6 Å². The van der Waals surface area contributed by atoms with Gasteiger partial charge >= 0.3 is 6.18 Å². The SMILES string of the molecule is CCCS(=O)(=O)c1ccc([C@H](NC(=O)c2cccc(C(F)(F)F)c2Cl)C23CCC(CC2)CN3C)cc1. The Labute approximate surface area is 214 Å². The molecular formula is C26H30ClF3N2O3S. The molecule has 2 aromatic rings. The van der Waals surface area contributed by atoms with Crippen LogP contribution in [0.3, 0.4) is 0 Å². The molecule has 3 aliphatic rings. The highest BCUT2D eigenvalue weighted by Gasteiger charge is 2.50. The quantitative estimate of drug-likeness (QED) is 0.474. The van der Waals surface area contributed by atoms with Crippen LogP contribution in [0, 0.1) is 5.92 Å². The summed E-state index contributed by atoms with van der Waals surface area (Å²) in [5.41, 5.74) is -1.05. The molecular weight excluding hydrogens is 513 g/mol. The number of nitrogens with one attached hydrogen (secondary N) is 1. The summed E-state index contributed by atoms with van der Waals surface area (Å²) in [6.45, 7) is 2.66. The predicted molar refractivity (Wildman–Crippen MR) is 133 cm³/mol. The van der Waals surface area contributed by atoms with Crippen molar-refractivity contribution in [2.24, 2.45) is 5.92 Å². The van der Waals surface area contributed by atoms with Crippen molar-refractivity contribution in [3.05, 3.63) is 64.2 Å². The van der Waals surface area contributed by atoms with Crippen LogP contribution in [0.2, 0.25) is 5.02 Å². The standard InChI is InChI=1S/C26H30ClF3N2O3S/c1-3-15-36(34,35)19-9-7-18(8-10-19)23(25-13-11-17(12-14-25)16-32(25)2)31-24(33)20-5-4-6-21(22(20)27)26(28,29)30/h4-10,17,23H,3,11-16H2,1-2H3,(H,31,33)/t17?,23-,25?/m0/s1. The minimum absolute atomic E-state index is 0.0363. The lowest BCUT2D eigenvalue weighted by atomic mass is 9.66. The third-order valence-electron chi connectivity index (χ3n) is 7.67. The molecule has 36 heavy (non-hydrogen) atoms. The Kier molecular flexibility index (Phi) is 7.48. The van der Waals surface area contributed by atoms with Gasteiger partial charge in [-0.25, -0.2) is 8.42 Å². The molecule has 0 radical (unpaired) electrons. The van der Waals surface area contributed by atoms with Crippen LogP contribution in [0.15, 0.2) is 47.4 Å². The molecule has 2 bridgehead atoms. The molecule has 1 saturated carbocycles. The molecule has 5 rings (SSSR count). The second-order valence-corrected chi connectivity index (χ2v) is 12.4. The van der Waals surface area contributed by atoms with Crippen molar-refractivity contribution in [1.29, 1.82) is 0 Å². The Balaban J connectivity index is 1.73. The van der Waals surface area contributed by atoms with E-state index in [2.05, 4.69) is 10.2 Å². The molecule has 1 atom stereocenters. The Morgan fingerprint density at radius 2 is 1.81 bits per heavy atom. The molecule has 1 N–H and O–H groups in total. The number of hydrogen-bond acceptors (Lipinski definition) is 4. The Hall–Kier alpha value is -2.10. The van der Waals surface area contributed by atoms with Gasteiger partial charge in [0.2, 0.25) is 0 Å². The summed E-state index contributed by atoms with van der Waals surface area (Å²) >= 11 is 6.05. The average Bonchev–Trinajstić information content (AvgIpc) is 2.82. The van der Waals surface area contributed by atoms with E-state index in [1.165, 1.54) is 12.1 Å². The number of hydrogen-bond donors (Lipinski definition) is 1. The Morgan fingerprint density at radius 3 is 2.36 bits per heavy atom. The summed E-state index contributed by atoms with van der Waals surface area (Å²) in [5.74, 6) is -0.0869. The van der Waals surface area contributed by atoms with Gasteiger partial charge in [-0.05, 0) is 74.9 Å². The molecule has 196 valence electrons. The summed E-state index contributed by atoms with van der Waals surface area (Å²) in [6.07, 6.45) is -0.590. The third kappa shape index (κ3) is 5.02. The average molecular weight is 543 g/mol. The van der Waals surface area contributed by atoms with E-state index in [0.717, 1.165) is 38.3 Å². The topological polar surface area (TPSA) is 66.5 Å². The highest BCUT2D eigenvalue weighted by Crippen LogP contribution is 2.49. The Morgan fingerprint density at radius 1 is 1.17 bits per heavy atom. The summed E-state index contributed by atoms with van der Waals surface area (Å²) in [6, 6.07) is 9.22. The molecule has 1 amide bonds. The molecule has 0 aromatic heterocycles. The van der Waals surface area contributed by atoms with Gasteiger partial charge in [-0.1, -0.05) is 36.7 Å². The zero-order valence-electron chi connectivity index (χ0n) is 20.2. The number of amides is 1.